The van der Waals surface area contributed by atoms with Crippen molar-refractivity contribution in [1.29, 1.82) is 0 Å². The quantitative estimate of drug-likeness (QED) is 0.420. The van der Waals surface area contributed by atoms with Crippen LogP contribution in [0, 0.1) is 12.5 Å². The molecule has 0 spiro atoms. The van der Waals surface area contributed by atoms with E-state index < -0.39 is 0 Å². The maximum atomic E-state index is 2.97. The van der Waals surface area contributed by atoms with Crippen LogP contribution < -0.4 is 10.9 Å². The Morgan fingerprint density at radius 2 is 2.12 bits per heavy atom. The van der Waals surface area contributed by atoms with Crippen molar-refractivity contribution in [3.05, 3.63) is 6.54 Å². The maximum Gasteiger partial charge on any atom is 0.0405 e. The topological polar surface area (TPSA) is 24.1 Å². The molecule has 0 saturated carbocycles. The van der Waals surface area contributed by atoms with E-state index in [9.17, 15) is 0 Å². The predicted octanol–water partition coefficient (Wildman–Crippen LogP) is 0.918. The fraction of sp³-hybridized carbons (Fsp3) is 0.833. The van der Waals surface area contributed by atoms with Gasteiger partial charge >= 0.3 is 0 Å². The van der Waals surface area contributed by atoms with Gasteiger partial charge in [-0.25, -0.2) is 0 Å². The third-order valence-corrected chi connectivity index (χ3v) is 0.696. The van der Waals surface area contributed by atoms with Crippen molar-refractivity contribution in [3.8, 4) is 0 Å². The first kappa shape index (κ1) is 7.92. The minimum absolute atomic E-state index is 0.606. The lowest BCUT2D eigenvalue weighted by atomic mass is 10.2. The molecule has 0 fully saturated rings. The van der Waals surface area contributed by atoms with Crippen molar-refractivity contribution < 1.29 is 0 Å². The molecule has 0 bridgehead atoms. The lowest BCUT2D eigenvalue weighted by Crippen LogP contribution is -2.30. The molecule has 0 atom stereocenters. The van der Waals surface area contributed by atoms with Gasteiger partial charge in [-0.05, 0) is 5.92 Å². The van der Waals surface area contributed by atoms with Crippen LogP contribution in [0.2, 0.25) is 0 Å². The highest BCUT2D eigenvalue weighted by Gasteiger charge is 1.88. The molecule has 0 aliphatic carbocycles. The van der Waals surface area contributed by atoms with Gasteiger partial charge in [0.1, 0.15) is 0 Å². The smallest absolute Gasteiger partial charge is 0.0405 e. The molecule has 2 nitrogen and oxygen atoms in total. The monoisotopic (exact) mass is 115 g/mol. The third-order valence-electron chi connectivity index (χ3n) is 0.696. The summed E-state index contributed by atoms with van der Waals surface area (Å²) in [6, 6.07) is 0. The zero-order chi connectivity index (χ0) is 6.41. The summed E-state index contributed by atoms with van der Waals surface area (Å²) in [4.78, 5) is 0. The predicted molar refractivity (Wildman–Crippen MR) is 36.0 cm³/mol. The van der Waals surface area contributed by atoms with Crippen LogP contribution >= 0.6 is 0 Å². The van der Waals surface area contributed by atoms with Crippen molar-refractivity contribution in [2.75, 3.05) is 6.54 Å². The highest BCUT2D eigenvalue weighted by Crippen LogP contribution is 1.90. The fourth-order valence-corrected chi connectivity index (χ4v) is 0.328. The third kappa shape index (κ3) is 5.92. The largest absolute Gasteiger partial charge is 0.258 e. The molecule has 8 heavy (non-hydrogen) atoms. The van der Waals surface area contributed by atoms with Crippen LogP contribution in [-0.4, -0.2) is 6.54 Å². The summed E-state index contributed by atoms with van der Waals surface area (Å²) in [5.41, 5.74) is 5.93. The summed E-state index contributed by atoms with van der Waals surface area (Å²) in [7, 11) is 0. The molecule has 0 rings (SSSR count). The van der Waals surface area contributed by atoms with E-state index in [2.05, 4.69) is 31.6 Å². The fourth-order valence-electron chi connectivity index (χ4n) is 0.328. The number of hydrogen-bond acceptors (Lipinski definition) is 2. The van der Waals surface area contributed by atoms with E-state index in [4.69, 9.17) is 0 Å². The Balaban J connectivity index is 2.72. The SMILES string of the molecule is CCNN[CH]C(C)C. The highest BCUT2D eigenvalue weighted by atomic mass is 15.3. The minimum Gasteiger partial charge on any atom is -0.258 e. The zero-order valence-electron chi connectivity index (χ0n) is 5.86. The van der Waals surface area contributed by atoms with Gasteiger partial charge in [-0.1, -0.05) is 20.8 Å². The molecule has 0 unspecified atom stereocenters. The van der Waals surface area contributed by atoms with Crippen LogP contribution in [0.3, 0.4) is 0 Å². The molecule has 0 amide bonds. The number of rotatable bonds is 4. The van der Waals surface area contributed by atoms with Crippen LogP contribution in [0.25, 0.3) is 0 Å². The van der Waals surface area contributed by atoms with Crippen molar-refractivity contribution in [2.45, 2.75) is 20.8 Å². The van der Waals surface area contributed by atoms with Crippen LogP contribution in [0.4, 0.5) is 0 Å². The van der Waals surface area contributed by atoms with Gasteiger partial charge in [-0.15, -0.1) is 0 Å². The first-order valence-corrected chi connectivity index (χ1v) is 3.09. The normalized spacial score (nSPS) is 10.5. The molecule has 0 aromatic rings. The maximum absolute atomic E-state index is 2.97. The van der Waals surface area contributed by atoms with Gasteiger partial charge < -0.3 is 0 Å². The average molecular weight is 115 g/mol. The van der Waals surface area contributed by atoms with E-state index in [0.717, 1.165) is 6.54 Å². The van der Waals surface area contributed by atoms with Crippen molar-refractivity contribution in [2.24, 2.45) is 5.92 Å². The van der Waals surface area contributed by atoms with Gasteiger partial charge in [0.25, 0.3) is 0 Å². The average Bonchev–Trinajstić information content (AvgIpc) is 1.66. The molecular weight excluding hydrogens is 100 g/mol. The summed E-state index contributed by atoms with van der Waals surface area (Å²) in [5, 5.41) is 0. The lowest BCUT2D eigenvalue weighted by molar-refractivity contribution is 0.551. The van der Waals surface area contributed by atoms with Crippen LogP contribution in [-0.2, 0) is 0 Å². The Kier molecular flexibility index (Phi) is 5.01. The lowest BCUT2D eigenvalue weighted by Gasteiger charge is -2.04. The second-order valence-corrected chi connectivity index (χ2v) is 2.09. The second-order valence-electron chi connectivity index (χ2n) is 2.09. The summed E-state index contributed by atoms with van der Waals surface area (Å²) in [5.74, 6) is 0.606. The Hall–Kier alpha value is -0.0800. The second kappa shape index (κ2) is 5.06. The van der Waals surface area contributed by atoms with Crippen LogP contribution in [0.15, 0.2) is 0 Å². The van der Waals surface area contributed by atoms with Crippen molar-refractivity contribution in [3.63, 3.8) is 0 Å². The molecule has 2 heteroatoms. The first-order chi connectivity index (χ1) is 3.77. The Bertz CT molecular complexity index is 43.8. The number of hydrazine groups is 1. The van der Waals surface area contributed by atoms with E-state index in [1.54, 1.807) is 0 Å². The van der Waals surface area contributed by atoms with E-state index in [0.29, 0.717) is 5.92 Å². The molecule has 1 radical (unpaired) electrons. The van der Waals surface area contributed by atoms with E-state index in [-0.39, 0.29) is 0 Å². The van der Waals surface area contributed by atoms with Crippen LogP contribution in [0.1, 0.15) is 20.8 Å². The van der Waals surface area contributed by atoms with Gasteiger partial charge in [-0.2, -0.15) is 0 Å². The Labute approximate surface area is 51.6 Å². The summed E-state index contributed by atoms with van der Waals surface area (Å²) < 4.78 is 0. The summed E-state index contributed by atoms with van der Waals surface area (Å²) in [6.07, 6.45) is 0. The molecule has 49 valence electrons. The Morgan fingerprint density at radius 3 is 2.50 bits per heavy atom. The minimum atomic E-state index is 0.606. The molecule has 2 N–H and O–H groups in total. The van der Waals surface area contributed by atoms with Crippen LogP contribution in [0.5, 0.6) is 0 Å². The van der Waals surface area contributed by atoms with Gasteiger partial charge in [0.15, 0.2) is 0 Å². The van der Waals surface area contributed by atoms with Gasteiger partial charge in [0.05, 0.1) is 0 Å². The summed E-state index contributed by atoms with van der Waals surface area (Å²) in [6.45, 7) is 9.29. The van der Waals surface area contributed by atoms with E-state index in [1.807, 2.05) is 6.54 Å². The van der Waals surface area contributed by atoms with Crippen molar-refractivity contribution in [1.82, 2.24) is 10.9 Å². The molecule has 0 aromatic heterocycles. The molecule has 0 saturated heterocycles. The first-order valence-electron chi connectivity index (χ1n) is 3.09. The number of hydrogen-bond donors (Lipinski definition) is 2. The number of nitrogens with one attached hydrogen (secondary N) is 2. The van der Waals surface area contributed by atoms with Gasteiger partial charge in [0.2, 0.25) is 0 Å². The Morgan fingerprint density at radius 1 is 1.50 bits per heavy atom. The molecular formula is C6H15N2. The van der Waals surface area contributed by atoms with E-state index in [1.165, 1.54) is 0 Å². The summed E-state index contributed by atoms with van der Waals surface area (Å²) >= 11 is 0. The van der Waals surface area contributed by atoms with Gasteiger partial charge in [-0.3, -0.25) is 10.9 Å². The highest BCUT2D eigenvalue weighted by molar-refractivity contribution is 4.61. The van der Waals surface area contributed by atoms with Gasteiger partial charge in [0, 0.05) is 13.1 Å². The zero-order valence-corrected chi connectivity index (χ0v) is 5.86. The van der Waals surface area contributed by atoms with Crippen molar-refractivity contribution >= 4 is 0 Å². The molecule has 0 aliphatic heterocycles. The molecule has 0 aromatic carbocycles. The molecule has 0 aliphatic rings. The molecule has 0 heterocycles. The van der Waals surface area contributed by atoms with E-state index >= 15 is 0 Å². The standard InChI is InChI=1S/C6H15N2/c1-4-7-8-5-6(2)3/h5-8H,4H2,1-3H3.